The molecule has 1 fully saturated rings. The molecule has 0 spiro atoms. The smallest absolute Gasteiger partial charge is 0.225 e. The van der Waals surface area contributed by atoms with Crippen molar-refractivity contribution in [2.45, 2.75) is 19.9 Å². The minimum absolute atomic E-state index is 0.0268. The van der Waals surface area contributed by atoms with Crippen LogP contribution in [0.5, 0.6) is 0 Å². The average Bonchev–Trinajstić information content (AvgIpc) is 2.73. The molecule has 7 nitrogen and oxygen atoms in total. The Labute approximate surface area is 163 Å². The first-order chi connectivity index (χ1) is 13.5. The van der Waals surface area contributed by atoms with Crippen molar-refractivity contribution in [2.75, 3.05) is 37.6 Å². The van der Waals surface area contributed by atoms with Crippen molar-refractivity contribution in [1.82, 2.24) is 19.8 Å². The largest absolute Gasteiger partial charge is 0.339 e. The molecule has 0 saturated carbocycles. The monoisotopic (exact) mass is 385 g/mol. The molecule has 0 N–H and O–H groups in total. The van der Waals surface area contributed by atoms with Crippen LogP contribution >= 0.6 is 0 Å². The van der Waals surface area contributed by atoms with E-state index in [1.165, 1.54) is 19.1 Å². The molecule has 0 bridgehead atoms. The fourth-order valence-corrected chi connectivity index (χ4v) is 3.16. The van der Waals surface area contributed by atoms with Crippen molar-refractivity contribution < 1.29 is 14.0 Å². The normalized spacial score (nSPS) is 14.1. The van der Waals surface area contributed by atoms with E-state index in [0.29, 0.717) is 45.2 Å². The van der Waals surface area contributed by atoms with Crippen molar-refractivity contribution in [3.63, 3.8) is 0 Å². The van der Waals surface area contributed by atoms with E-state index < -0.39 is 0 Å². The Bertz CT molecular complexity index is 792. The quantitative estimate of drug-likeness (QED) is 0.757. The Morgan fingerprint density at radius 1 is 1.07 bits per heavy atom. The van der Waals surface area contributed by atoms with Crippen LogP contribution < -0.4 is 4.90 Å². The lowest BCUT2D eigenvalue weighted by atomic mass is 10.2. The van der Waals surface area contributed by atoms with Crippen LogP contribution in [0.1, 0.15) is 18.9 Å². The van der Waals surface area contributed by atoms with E-state index in [2.05, 4.69) is 14.9 Å². The molecule has 8 heteroatoms. The zero-order valence-electron chi connectivity index (χ0n) is 15.9. The highest BCUT2D eigenvalue weighted by molar-refractivity contribution is 5.78. The molecule has 1 aromatic carbocycles. The lowest BCUT2D eigenvalue weighted by Gasteiger charge is -2.35. The first-order valence-electron chi connectivity index (χ1n) is 9.32. The van der Waals surface area contributed by atoms with Gasteiger partial charge in [0, 0.05) is 65.0 Å². The zero-order valence-corrected chi connectivity index (χ0v) is 15.9. The molecule has 2 amide bonds. The fourth-order valence-electron chi connectivity index (χ4n) is 3.16. The topological polar surface area (TPSA) is 69.6 Å². The van der Waals surface area contributed by atoms with Gasteiger partial charge >= 0.3 is 0 Å². The third-order valence-corrected chi connectivity index (χ3v) is 4.79. The minimum atomic E-state index is -0.312. The molecule has 1 aromatic heterocycles. The van der Waals surface area contributed by atoms with Crippen LogP contribution in [-0.4, -0.2) is 64.3 Å². The molecular formula is C20H24FN5O2. The summed E-state index contributed by atoms with van der Waals surface area (Å²) in [6.45, 7) is 4.76. The summed E-state index contributed by atoms with van der Waals surface area (Å²) < 4.78 is 13.0. The predicted octanol–water partition coefficient (Wildman–Crippen LogP) is 1.70. The summed E-state index contributed by atoms with van der Waals surface area (Å²) >= 11 is 0. The number of hydrogen-bond acceptors (Lipinski definition) is 5. The van der Waals surface area contributed by atoms with Gasteiger partial charge in [0.2, 0.25) is 17.8 Å². The second kappa shape index (κ2) is 9.25. The lowest BCUT2D eigenvalue weighted by molar-refractivity contribution is -0.134. The molecule has 1 saturated heterocycles. The van der Waals surface area contributed by atoms with Gasteiger partial charge in [-0.05, 0) is 23.8 Å². The molecule has 2 aromatic rings. The molecule has 0 aliphatic carbocycles. The van der Waals surface area contributed by atoms with Crippen molar-refractivity contribution >= 4 is 17.8 Å². The van der Waals surface area contributed by atoms with Crippen LogP contribution in [0.3, 0.4) is 0 Å². The Morgan fingerprint density at radius 3 is 2.32 bits per heavy atom. The molecule has 1 aliphatic rings. The van der Waals surface area contributed by atoms with Gasteiger partial charge in [0.25, 0.3) is 0 Å². The summed E-state index contributed by atoms with van der Waals surface area (Å²) in [6, 6.07) is 7.81. The fraction of sp³-hybridized carbons (Fsp3) is 0.400. The van der Waals surface area contributed by atoms with Gasteiger partial charge in [-0.15, -0.1) is 0 Å². The van der Waals surface area contributed by atoms with Gasteiger partial charge in [-0.25, -0.2) is 14.4 Å². The predicted molar refractivity (Wildman–Crippen MR) is 103 cm³/mol. The Balaban J connectivity index is 1.48. The summed E-state index contributed by atoms with van der Waals surface area (Å²) in [5.41, 5.74) is 0.834. The standard InChI is InChI=1S/C20H24FN5O2/c1-16(27)26(15-17-3-5-18(21)6-4-17)10-7-19(28)24-11-13-25(14-12-24)20-22-8-2-9-23-20/h2-6,8-9H,7,10-15H2,1H3. The van der Waals surface area contributed by atoms with Gasteiger partial charge in [0.05, 0.1) is 0 Å². The van der Waals surface area contributed by atoms with Crippen molar-refractivity contribution in [3.8, 4) is 0 Å². The van der Waals surface area contributed by atoms with Gasteiger partial charge in [-0.1, -0.05) is 12.1 Å². The molecule has 0 atom stereocenters. The number of rotatable bonds is 6. The molecule has 2 heterocycles. The van der Waals surface area contributed by atoms with Gasteiger partial charge in [-0.2, -0.15) is 0 Å². The molecular weight excluding hydrogens is 361 g/mol. The summed E-state index contributed by atoms with van der Waals surface area (Å²) in [7, 11) is 0. The third kappa shape index (κ3) is 5.25. The molecule has 148 valence electrons. The number of benzene rings is 1. The minimum Gasteiger partial charge on any atom is -0.339 e. The summed E-state index contributed by atoms with van der Waals surface area (Å²) in [5.74, 6) is 0.284. The number of nitrogens with zero attached hydrogens (tertiary/aromatic N) is 5. The van der Waals surface area contributed by atoms with Gasteiger partial charge in [0.15, 0.2) is 0 Å². The second-order valence-electron chi connectivity index (χ2n) is 6.73. The van der Waals surface area contributed by atoms with E-state index in [1.54, 1.807) is 35.5 Å². The van der Waals surface area contributed by atoms with Crippen molar-refractivity contribution in [3.05, 3.63) is 54.1 Å². The van der Waals surface area contributed by atoms with Crippen molar-refractivity contribution in [2.24, 2.45) is 0 Å². The molecule has 0 unspecified atom stereocenters. The van der Waals surface area contributed by atoms with E-state index in [-0.39, 0.29) is 24.1 Å². The lowest BCUT2D eigenvalue weighted by Crippen LogP contribution is -2.49. The van der Waals surface area contributed by atoms with Crippen LogP contribution in [0.15, 0.2) is 42.7 Å². The van der Waals surface area contributed by atoms with E-state index in [9.17, 15) is 14.0 Å². The van der Waals surface area contributed by atoms with E-state index in [0.717, 1.165) is 5.56 Å². The van der Waals surface area contributed by atoms with Crippen LogP contribution in [0, 0.1) is 5.82 Å². The molecule has 28 heavy (non-hydrogen) atoms. The Morgan fingerprint density at radius 2 is 1.71 bits per heavy atom. The van der Waals surface area contributed by atoms with Crippen LogP contribution in [0.25, 0.3) is 0 Å². The van der Waals surface area contributed by atoms with Gasteiger partial charge < -0.3 is 14.7 Å². The molecule has 3 rings (SSSR count). The Hall–Kier alpha value is -3.03. The summed E-state index contributed by atoms with van der Waals surface area (Å²) in [5, 5.41) is 0. The second-order valence-corrected chi connectivity index (χ2v) is 6.73. The van der Waals surface area contributed by atoms with E-state index in [4.69, 9.17) is 0 Å². The van der Waals surface area contributed by atoms with Gasteiger partial charge in [-0.3, -0.25) is 9.59 Å². The first kappa shape index (κ1) is 19.7. The summed E-state index contributed by atoms with van der Waals surface area (Å²) in [4.78, 5) is 38.4. The number of piperazine rings is 1. The SMILES string of the molecule is CC(=O)N(CCC(=O)N1CCN(c2ncccn2)CC1)Cc1ccc(F)cc1. The van der Waals surface area contributed by atoms with Crippen molar-refractivity contribution in [1.29, 1.82) is 0 Å². The Kier molecular flexibility index (Phi) is 6.52. The third-order valence-electron chi connectivity index (χ3n) is 4.79. The zero-order chi connectivity index (χ0) is 19.9. The van der Waals surface area contributed by atoms with Crippen LogP contribution in [0.2, 0.25) is 0 Å². The maximum Gasteiger partial charge on any atom is 0.225 e. The molecule has 0 radical (unpaired) electrons. The number of anilines is 1. The van der Waals surface area contributed by atoms with Crippen LogP contribution in [-0.2, 0) is 16.1 Å². The average molecular weight is 385 g/mol. The highest BCUT2D eigenvalue weighted by Crippen LogP contribution is 2.12. The summed E-state index contributed by atoms with van der Waals surface area (Å²) in [6.07, 6.45) is 3.68. The number of amides is 2. The number of carbonyl (C=O) groups is 2. The van der Waals surface area contributed by atoms with E-state index in [1.807, 2.05) is 4.90 Å². The van der Waals surface area contributed by atoms with Gasteiger partial charge in [0.1, 0.15) is 5.82 Å². The van der Waals surface area contributed by atoms with E-state index >= 15 is 0 Å². The maximum absolute atomic E-state index is 13.0. The highest BCUT2D eigenvalue weighted by Gasteiger charge is 2.23. The maximum atomic E-state index is 13.0. The number of halogens is 1. The van der Waals surface area contributed by atoms with Crippen LogP contribution in [0.4, 0.5) is 10.3 Å². The number of aromatic nitrogens is 2. The first-order valence-corrected chi connectivity index (χ1v) is 9.32. The number of hydrogen-bond donors (Lipinski definition) is 0. The highest BCUT2D eigenvalue weighted by atomic mass is 19.1. The number of carbonyl (C=O) groups excluding carboxylic acids is 2. The molecule has 1 aliphatic heterocycles.